The average molecular weight is 310 g/mol. The van der Waals surface area contributed by atoms with Gasteiger partial charge in [0.2, 0.25) is 0 Å². The van der Waals surface area contributed by atoms with E-state index in [4.69, 9.17) is 0 Å². The van der Waals surface area contributed by atoms with E-state index in [0.29, 0.717) is 5.56 Å². The van der Waals surface area contributed by atoms with Crippen LogP contribution in [-0.4, -0.2) is 0 Å². The maximum atomic E-state index is 13.7. The Morgan fingerprint density at radius 3 is 2.26 bits per heavy atom. The molecule has 0 aromatic heterocycles. The van der Waals surface area contributed by atoms with Crippen LogP contribution in [-0.2, 0) is 5.41 Å². The molecule has 0 bridgehead atoms. The molecule has 23 heavy (non-hydrogen) atoms. The largest absolute Gasteiger partial charge is 0.204 e. The lowest BCUT2D eigenvalue weighted by Crippen LogP contribution is -2.25. The van der Waals surface area contributed by atoms with Crippen molar-refractivity contribution in [1.29, 1.82) is 0 Å². The average Bonchev–Trinajstić information content (AvgIpc) is 2.50. The molecule has 0 amide bonds. The molecule has 0 N–H and O–H groups in total. The molecule has 0 atom stereocenters. The van der Waals surface area contributed by atoms with E-state index in [-0.39, 0.29) is 5.41 Å². The Balaban J connectivity index is 2.31. The molecular formula is C21H20F2. The van der Waals surface area contributed by atoms with Gasteiger partial charge < -0.3 is 0 Å². The summed E-state index contributed by atoms with van der Waals surface area (Å²) in [5.74, 6) is -1.63. The fraction of sp³-hybridized carbons (Fsp3) is 0.238. The SMILES string of the molecule is CC(C)=C1C=C(c2ccc(F)c(F)c2)c2ccccc2C1(C)C. The lowest BCUT2D eigenvalue weighted by Gasteiger charge is -2.36. The second-order valence-corrected chi connectivity index (χ2v) is 6.77. The first-order chi connectivity index (χ1) is 10.8. The Kier molecular flexibility index (Phi) is 3.71. The van der Waals surface area contributed by atoms with Crippen LogP contribution < -0.4 is 0 Å². The van der Waals surface area contributed by atoms with Gasteiger partial charge in [-0.3, -0.25) is 0 Å². The molecule has 0 heterocycles. The molecule has 0 spiro atoms. The van der Waals surface area contributed by atoms with E-state index >= 15 is 0 Å². The van der Waals surface area contributed by atoms with Crippen LogP contribution in [0.5, 0.6) is 0 Å². The lowest BCUT2D eigenvalue weighted by atomic mass is 9.68. The van der Waals surface area contributed by atoms with Crippen molar-refractivity contribution < 1.29 is 8.78 Å². The van der Waals surface area contributed by atoms with Gasteiger partial charge in [-0.2, -0.15) is 0 Å². The fourth-order valence-electron chi connectivity index (χ4n) is 3.48. The van der Waals surface area contributed by atoms with Crippen LogP contribution in [0.4, 0.5) is 8.78 Å². The highest BCUT2D eigenvalue weighted by atomic mass is 19.2. The first-order valence-electron chi connectivity index (χ1n) is 7.77. The van der Waals surface area contributed by atoms with Crippen molar-refractivity contribution in [3.8, 4) is 0 Å². The van der Waals surface area contributed by atoms with E-state index < -0.39 is 11.6 Å². The molecule has 0 nitrogen and oxygen atoms in total. The van der Waals surface area contributed by atoms with Gasteiger partial charge in [0.1, 0.15) is 0 Å². The summed E-state index contributed by atoms with van der Waals surface area (Å²) in [7, 11) is 0. The summed E-state index contributed by atoms with van der Waals surface area (Å²) in [5, 5.41) is 0. The Morgan fingerprint density at radius 1 is 0.913 bits per heavy atom. The summed E-state index contributed by atoms with van der Waals surface area (Å²) < 4.78 is 27.0. The minimum atomic E-state index is -0.818. The van der Waals surface area contributed by atoms with Crippen LogP contribution in [0.25, 0.3) is 5.57 Å². The van der Waals surface area contributed by atoms with E-state index in [1.807, 2.05) is 18.2 Å². The van der Waals surface area contributed by atoms with Gasteiger partial charge in [0.15, 0.2) is 11.6 Å². The first kappa shape index (κ1) is 15.7. The fourth-order valence-corrected chi connectivity index (χ4v) is 3.48. The maximum Gasteiger partial charge on any atom is 0.159 e. The molecule has 3 rings (SSSR count). The Bertz CT molecular complexity index is 835. The summed E-state index contributed by atoms with van der Waals surface area (Å²) in [6.07, 6.45) is 2.12. The molecule has 0 radical (unpaired) electrons. The predicted molar refractivity (Wildman–Crippen MR) is 91.3 cm³/mol. The molecule has 0 saturated carbocycles. The zero-order valence-electron chi connectivity index (χ0n) is 13.9. The number of halogens is 2. The van der Waals surface area contributed by atoms with Crippen molar-refractivity contribution in [1.82, 2.24) is 0 Å². The van der Waals surface area contributed by atoms with Crippen LogP contribution in [0, 0.1) is 11.6 Å². The summed E-state index contributed by atoms with van der Waals surface area (Å²) in [6.45, 7) is 8.58. The molecule has 2 heteroatoms. The standard InChI is InChI=1S/C21H20F2/c1-13(2)18-12-16(14-9-10-19(22)20(23)11-14)15-7-5-6-8-17(15)21(18,3)4/h5-12H,1-4H3. The summed E-state index contributed by atoms with van der Waals surface area (Å²) in [5.41, 5.74) is 6.26. The monoisotopic (exact) mass is 310 g/mol. The predicted octanol–water partition coefficient (Wildman–Crippen LogP) is 6.02. The highest BCUT2D eigenvalue weighted by molar-refractivity contribution is 5.87. The highest BCUT2D eigenvalue weighted by Gasteiger charge is 2.32. The van der Waals surface area contributed by atoms with Crippen molar-refractivity contribution in [3.63, 3.8) is 0 Å². The molecule has 1 aliphatic carbocycles. The van der Waals surface area contributed by atoms with Gasteiger partial charge in [0, 0.05) is 5.41 Å². The third kappa shape index (κ3) is 2.52. The Labute approximate surface area is 136 Å². The molecule has 1 aliphatic rings. The van der Waals surface area contributed by atoms with Gasteiger partial charge in [-0.25, -0.2) is 8.78 Å². The van der Waals surface area contributed by atoms with Crippen molar-refractivity contribution in [3.05, 3.63) is 88.0 Å². The second kappa shape index (κ2) is 5.45. The molecule has 2 aromatic carbocycles. The van der Waals surface area contributed by atoms with E-state index in [2.05, 4.69) is 39.8 Å². The zero-order chi connectivity index (χ0) is 16.8. The molecule has 0 unspecified atom stereocenters. The number of fused-ring (bicyclic) bond motifs is 1. The molecule has 2 aromatic rings. The van der Waals surface area contributed by atoms with Crippen molar-refractivity contribution in [2.75, 3.05) is 0 Å². The molecule has 0 saturated heterocycles. The number of allylic oxidation sites excluding steroid dienone is 3. The highest BCUT2D eigenvalue weighted by Crippen LogP contribution is 2.45. The van der Waals surface area contributed by atoms with E-state index in [1.165, 1.54) is 28.8 Å². The van der Waals surface area contributed by atoms with Crippen molar-refractivity contribution >= 4 is 5.57 Å². The van der Waals surface area contributed by atoms with E-state index in [1.54, 1.807) is 6.07 Å². The quantitative estimate of drug-likeness (QED) is 0.604. The van der Waals surface area contributed by atoms with Gasteiger partial charge in [0.05, 0.1) is 0 Å². The van der Waals surface area contributed by atoms with Crippen LogP contribution >= 0.6 is 0 Å². The van der Waals surface area contributed by atoms with Crippen LogP contribution in [0.3, 0.4) is 0 Å². The van der Waals surface area contributed by atoms with Gasteiger partial charge in [0.25, 0.3) is 0 Å². The minimum absolute atomic E-state index is 0.114. The van der Waals surface area contributed by atoms with Crippen LogP contribution in [0.2, 0.25) is 0 Å². The topological polar surface area (TPSA) is 0 Å². The first-order valence-corrected chi connectivity index (χ1v) is 7.77. The second-order valence-electron chi connectivity index (χ2n) is 6.77. The maximum absolute atomic E-state index is 13.7. The van der Waals surface area contributed by atoms with Crippen molar-refractivity contribution in [2.24, 2.45) is 0 Å². The number of rotatable bonds is 1. The van der Waals surface area contributed by atoms with Crippen LogP contribution in [0.15, 0.2) is 59.7 Å². The van der Waals surface area contributed by atoms with Gasteiger partial charge in [-0.05, 0) is 59.9 Å². The summed E-state index contributed by atoms with van der Waals surface area (Å²) in [6, 6.07) is 12.3. The molecule has 118 valence electrons. The zero-order valence-corrected chi connectivity index (χ0v) is 13.9. The molecule has 0 fully saturated rings. The van der Waals surface area contributed by atoms with Crippen LogP contribution in [0.1, 0.15) is 44.4 Å². The third-order valence-corrected chi connectivity index (χ3v) is 4.62. The number of hydrogen-bond donors (Lipinski definition) is 0. The minimum Gasteiger partial charge on any atom is -0.204 e. The third-order valence-electron chi connectivity index (χ3n) is 4.62. The van der Waals surface area contributed by atoms with Crippen molar-refractivity contribution in [2.45, 2.75) is 33.1 Å². The van der Waals surface area contributed by atoms with Gasteiger partial charge in [-0.15, -0.1) is 0 Å². The lowest BCUT2D eigenvalue weighted by molar-refractivity contribution is 0.508. The number of hydrogen-bond acceptors (Lipinski definition) is 0. The summed E-state index contributed by atoms with van der Waals surface area (Å²) >= 11 is 0. The van der Waals surface area contributed by atoms with Gasteiger partial charge >= 0.3 is 0 Å². The van der Waals surface area contributed by atoms with Gasteiger partial charge in [-0.1, -0.05) is 49.8 Å². The Hall–Kier alpha value is -2.22. The Morgan fingerprint density at radius 2 is 1.61 bits per heavy atom. The number of benzene rings is 2. The summed E-state index contributed by atoms with van der Waals surface area (Å²) in [4.78, 5) is 0. The smallest absolute Gasteiger partial charge is 0.159 e. The van der Waals surface area contributed by atoms with E-state index in [9.17, 15) is 8.78 Å². The molecular weight excluding hydrogens is 290 g/mol. The normalized spacial score (nSPS) is 15.9. The van der Waals surface area contributed by atoms with E-state index in [0.717, 1.165) is 11.1 Å². The molecule has 0 aliphatic heterocycles.